The highest BCUT2D eigenvalue weighted by Crippen LogP contribution is 2.37. The van der Waals surface area contributed by atoms with Gasteiger partial charge in [0.15, 0.2) is 11.6 Å². The van der Waals surface area contributed by atoms with Crippen molar-refractivity contribution in [2.75, 3.05) is 24.8 Å². The number of rotatable bonds is 7. The van der Waals surface area contributed by atoms with Gasteiger partial charge in [0.1, 0.15) is 11.5 Å². The first-order valence-corrected chi connectivity index (χ1v) is 8.98. The van der Waals surface area contributed by atoms with Gasteiger partial charge in [0.25, 0.3) is 0 Å². The van der Waals surface area contributed by atoms with Crippen LogP contribution < -0.4 is 20.5 Å². The van der Waals surface area contributed by atoms with Gasteiger partial charge >= 0.3 is 0 Å². The van der Waals surface area contributed by atoms with Gasteiger partial charge in [-0.15, -0.1) is 0 Å². The van der Waals surface area contributed by atoms with Crippen LogP contribution in [0.15, 0.2) is 18.3 Å². The normalized spacial score (nSPS) is 12.1. The molecule has 0 radical (unpaired) electrons. The molecule has 4 N–H and O–H groups in total. The summed E-state index contributed by atoms with van der Waals surface area (Å²) in [6, 6.07) is 3.72. The molecule has 1 aromatic heterocycles. The Labute approximate surface area is 161 Å². The van der Waals surface area contributed by atoms with Crippen molar-refractivity contribution in [3.8, 4) is 17.2 Å². The number of nitrogens with two attached hydrogens (primary N) is 1. The first kappa shape index (κ1) is 19.5. The second-order valence-electron chi connectivity index (χ2n) is 5.95. The molecule has 0 saturated heterocycles. The molecule has 1 atom stereocenters. The summed E-state index contributed by atoms with van der Waals surface area (Å²) in [5.74, 6) is 2.70. The number of methoxy groups -OCH3 is 1. The van der Waals surface area contributed by atoms with Crippen molar-refractivity contribution >= 4 is 34.4 Å². The van der Waals surface area contributed by atoms with Gasteiger partial charge in [0.2, 0.25) is 5.95 Å². The maximum absolute atomic E-state index is 9.08. The summed E-state index contributed by atoms with van der Waals surface area (Å²) < 4.78 is 12.3. The maximum Gasteiger partial charge on any atom is 0.225 e. The smallest absolute Gasteiger partial charge is 0.225 e. The average Bonchev–Trinajstić information content (AvgIpc) is 2.57. The van der Waals surface area contributed by atoms with Crippen molar-refractivity contribution in [1.82, 2.24) is 9.97 Å². The highest BCUT2D eigenvalue weighted by molar-refractivity contribution is 14.1. The number of hydrogen-bond donors (Lipinski definition) is 3. The molecular formula is C17H23IN4O3. The van der Waals surface area contributed by atoms with E-state index < -0.39 is 0 Å². The fourth-order valence-electron chi connectivity index (χ4n) is 2.16. The predicted octanol–water partition coefficient (Wildman–Crippen LogP) is 3.38. The lowest BCUT2D eigenvalue weighted by Crippen LogP contribution is -2.21. The molecule has 0 saturated carbocycles. The van der Waals surface area contributed by atoms with Crippen LogP contribution in [0.4, 0.5) is 11.8 Å². The zero-order valence-corrected chi connectivity index (χ0v) is 16.9. The zero-order chi connectivity index (χ0) is 18.6. The summed E-state index contributed by atoms with van der Waals surface area (Å²) in [6.07, 6.45) is 1.52. The molecule has 2 rings (SSSR count). The van der Waals surface area contributed by atoms with E-state index in [4.69, 9.17) is 20.3 Å². The Hall–Kier alpha value is -1.81. The molecule has 0 spiro atoms. The van der Waals surface area contributed by atoms with Crippen LogP contribution in [0.2, 0.25) is 0 Å². The first-order chi connectivity index (χ1) is 11.8. The molecule has 0 unspecified atom stereocenters. The van der Waals surface area contributed by atoms with Crippen LogP contribution >= 0.6 is 22.6 Å². The van der Waals surface area contributed by atoms with Crippen molar-refractivity contribution in [2.45, 2.75) is 32.7 Å². The van der Waals surface area contributed by atoms with Crippen LogP contribution in [0, 0.1) is 3.57 Å². The standard InChI is InChI=1S/C17H23IN4O3/c1-9(2)11-5-14(24-4)12(18)6-13(11)25-15-7-20-17(22-16(15)19)21-10(3)8-23/h5-7,9-10,23H,8H2,1-4H3,(H3,19,20,21,22)/t10-/m0/s1. The van der Waals surface area contributed by atoms with Crippen molar-refractivity contribution < 1.29 is 14.6 Å². The molecule has 7 nitrogen and oxygen atoms in total. The molecule has 0 aliphatic carbocycles. The largest absolute Gasteiger partial charge is 0.496 e. The highest BCUT2D eigenvalue weighted by atomic mass is 127. The van der Waals surface area contributed by atoms with Crippen molar-refractivity contribution in [2.24, 2.45) is 0 Å². The number of nitrogen functional groups attached to an aromatic ring is 1. The number of anilines is 2. The zero-order valence-electron chi connectivity index (χ0n) is 14.7. The lowest BCUT2D eigenvalue weighted by molar-refractivity contribution is 0.281. The average molecular weight is 458 g/mol. The summed E-state index contributed by atoms with van der Waals surface area (Å²) in [5.41, 5.74) is 7.01. The Bertz CT molecular complexity index is 740. The van der Waals surface area contributed by atoms with Crippen LogP contribution in [-0.2, 0) is 0 Å². The molecule has 1 heterocycles. The number of halogens is 1. The van der Waals surface area contributed by atoms with Gasteiger partial charge in [0.05, 0.1) is 23.5 Å². The molecule has 0 aliphatic rings. The number of ether oxygens (including phenoxy) is 2. The van der Waals surface area contributed by atoms with E-state index >= 15 is 0 Å². The Kier molecular flexibility index (Phi) is 6.65. The molecule has 0 bridgehead atoms. The summed E-state index contributed by atoms with van der Waals surface area (Å²) in [7, 11) is 1.65. The molecule has 136 valence electrons. The van der Waals surface area contributed by atoms with E-state index in [1.165, 1.54) is 6.20 Å². The van der Waals surface area contributed by atoms with E-state index in [9.17, 15) is 0 Å². The van der Waals surface area contributed by atoms with Gasteiger partial charge < -0.3 is 25.6 Å². The molecule has 0 fully saturated rings. The van der Waals surface area contributed by atoms with Crippen LogP contribution in [-0.4, -0.2) is 34.8 Å². The highest BCUT2D eigenvalue weighted by Gasteiger charge is 2.16. The molecule has 8 heteroatoms. The quantitative estimate of drug-likeness (QED) is 0.547. The second-order valence-corrected chi connectivity index (χ2v) is 7.11. The van der Waals surface area contributed by atoms with Crippen LogP contribution in [0.1, 0.15) is 32.3 Å². The lowest BCUT2D eigenvalue weighted by atomic mass is 10.0. The van der Waals surface area contributed by atoms with Gasteiger partial charge in [0, 0.05) is 11.6 Å². The summed E-state index contributed by atoms with van der Waals surface area (Å²) >= 11 is 2.20. The molecule has 2 aromatic rings. The second kappa shape index (κ2) is 8.52. The summed E-state index contributed by atoms with van der Waals surface area (Å²) in [5, 5.41) is 12.0. The van der Waals surface area contributed by atoms with Crippen molar-refractivity contribution in [1.29, 1.82) is 0 Å². The van der Waals surface area contributed by atoms with Crippen LogP contribution in [0.5, 0.6) is 17.2 Å². The Morgan fingerprint density at radius 2 is 1.96 bits per heavy atom. The predicted molar refractivity (Wildman–Crippen MR) is 106 cm³/mol. The number of nitrogens with one attached hydrogen (secondary N) is 1. The number of aliphatic hydroxyl groups excluding tert-OH is 1. The van der Waals surface area contributed by atoms with Gasteiger partial charge in [-0.25, -0.2) is 4.98 Å². The molecule has 1 aromatic carbocycles. The third-order valence-corrected chi connectivity index (χ3v) is 4.40. The Morgan fingerprint density at radius 1 is 1.24 bits per heavy atom. The molecule has 0 aliphatic heterocycles. The Morgan fingerprint density at radius 3 is 2.52 bits per heavy atom. The minimum Gasteiger partial charge on any atom is -0.496 e. The van der Waals surface area contributed by atoms with E-state index in [1.54, 1.807) is 7.11 Å². The van der Waals surface area contributed by atoms with Crippen molar-refractivity contribution in [3.05, 3.63) is 27.5 Å². The first-order valence-electron chi connectivity index (χ1n) is 7.90. The Balaban J connectivity index is 2.31. The van der Waals surface area contributed by atoms with Gasteiger partial charge in [-0.3, -0.25) is 0 Å². The van der Waals surface area contributed by atoms with Gasteiger partial charge in [-0.05, 0) is 47.6 Å². The van der Waals surface area contributed by atoms with E-state index in [2.05, 4.69) is 51.7 Å². The lowest BCUT2D eigenvalue weighted by Gasteiger charge is -2.17. The minimum atomic E-state index is -0.165. The fraction of sp³-hybridized carbons (Fsp3) is 0.412. The van der Waals surface area contributed by atoms with E-state index in [1.807, 2.05) is 19.1 Å². The minimum absolute atomic E-state index is 0.0243. The number of aliphatic hydroxyl groups is 1. The van der Waals surface area contributed by atoms with Crippen molar-refractivity contribution in [3.63, 3.8) is 0 Å². The topological polar surface area (TPSA) is 103 Å². The van der Waals surface area contributed by atoms with E-state index in [-0.39, 0.29) is 24.4 Å². The van der Waals surface area contributed by atoms with Crippen LogP contribution in [0.3, 0.4) is 0 Å². The van der Waals surface area contributed by atoms with Crippen LogP contribution in [0.25, 0.3) is 0 Å². The van der Waals surface area contributed by atoms with Gasteiger partial charge in [-0.2, -0.15) is 4.98 Å². The van der Waals surface area contributed by atoms with E-state index in [0.717, 1.165) is 14.9 Å². The summed E-state index contributed by atoms with van der Waals surface area (Å²) in [6.45, 7) is 5.96. The number of benzene rings is 1. The number of nitrogens with zero attached hydrogens (tertiary/aromatic N) is 2. The molecule has 25 heavy (non-hydrogen) atoms. The monoisotopic (exact) mass is 458 g/mol. The number of aromatic nitrogens is 2. The third-order valence-electron chi connectivity index (χ3n) is 3.56. The molecular weight excluding hydrogens is 435 g/mol. The third kappa shape index (κ3) is 4.85. The maximum atomic E-state index is 9.08. The van der Waals surface area contributed by atoms with Gasteiger partial charge in [-0.1, -0.05) is 13.8 Å². The fourth-order valence-corrected chi connectivity index (χ4v) is 2.82. The summed E-state index contributed by atoms with van der Waals surface area (Å²) in [4.78, 5) is 8.37. The van der Waals surface area contributed by atoms with E-state index in [0.29, 0.717) is 17.4 Å². The SMILES string of the molecule is COc1cc(C(C)C)c(Oc2cnc(N[C@@H](C)CO)nc2N)cc1I. The molecule has 0 amide bonds. The number of hydrogen-bond acceptors (Lipinski definition) is 7.